The second-order valence-electron chi connectivity index (χ2n) is 8.67. The number of pyridine rings is 2. The van der Waals surface area contributed by atoms with Crippen LogP contribution in [0.1, 0.15) is 53.8 Å². The smallest absolute Gasteiger partial charge is 0.184 e. The number of carbonyl (C=O) groups is 1. The molecule has 0 aliphatic carbocycles. The molecular weight excluding hydrogens is 398 g/mol. The SMILES string of the molecule is C[C@@H](CC(=O)c1n[nH]c2ccc(-c3cccnc3)cc12)c1ccnc(CN2CCCC2)c1. The van der Waals surface area contributed by atoms with Crippen LogP contribution in [-0.2, 0) is 6.54 Å². The Hall–Kier alpha value is -3.38. The number of fused-ring (bicyclic) bond motifs is 1. The third kappa shape index (κ3) is 4.32. The van der Waals surface area contributed by atoms with Gasteiger partial charge in [-0.15, -0.1) is 0 Å². The molecule has 6 heteroatoms. The van der Waals surface area contributed by atoms with Gasteiger partial charge in [-0.2, -0.15) is 5.10 Å². The standard InChI is InChI=1S/C26H27N5O/c1-18(19-8-10-28-22(14-19)17-31-11-2-3-12-31)13-25(32)26-23-15-20(6-7-24(23)29-30-26)21-5-4-9-27-16-21/h4-10,14-16,18H,2-3,11-13,17H2,1H3,(H,29,30)/t18-/m0/s1. The average molecular weight is 426 g/mol. The predicted molar refractivity (Wildman–Crippen MR) is 125 cm³/mol. The Kier molecular flexibility index (Phi) is 5.77. The highest BCUT2D eigenvalue weighted by atomic mass is 16.1. The maximum Gasteiger partial charge on any atom is 0.184 e. The molecule has 0 radical (unpaired) electrons. The molecule has 1 aliphatic heterocycles. The van der Waals surface area contributed by atoms with Gasteiger partial charge in [0.2, 0.25) is 0 Å². The van der Waals surface area contributed by atoms with E-state index in [1.54, 1.807) is 6.20 Å². The van der Waals surface area contributed by atoms with Crippen molar-refractivity contribution in [3.63, 3.8) is 0 Å². The van der Waals surface area contributed by atoms with Crippen molar-refractivity contribution in [1.82, 2.24) is 25.1 Å². The van der Waals surface area contributed by atoms with E-state index in [0.29, 0.717) is 12.1 Å². The largest absolute Gasteiger partial charge is 0.298 e. The van der Waals surface area contributed by atoms with E-state index >= 15 is 0 Å². The van der Waals surface area contributed by atoms with Crippen LogP contribution in [0.4, 0.5) is 0 Å². The van der Waals surface area contributed by atoms with E-state index in [1.165, 1.54) is 12.8 Å². The van der Waals surface area contributed by atoms with Crippen LogP contribution >= 0.6 is 0 Å². The van der Waals surface area contributed by atoms with Gasteiger partial charge in [-0.25, -0.2) is 0 Å². The molecule has 1 aromatic carbocycles. The lowest BCUT2D eigenvalue weighted by Crippen LogP contribution is -2.19. The minimum Gasteiger partial charge on any atom is -0.298 e. The Morgan fingerprint density at radius 3 is 2.78 bits per heavy atom. The molecule has 0 spiro atoms. The molecule has 162 valence electrons. The number of nitrogens with zero attached hydrogens (tertiary/aromatic N) is 4. The molecule has 4 aromatic rings. The second kappa shape index (κ2) is 9.01. The highest BCUT2D eigenvalue weighted by Crippen LogP contribution is 2.28. The zero-order valence-corrected chi connectivity index (χ0v) is 18.3. The van der Waals surface area contributed by atoms with Crippen LogP contribution in [0.5, 0.6) is 0 Å². The van der Waals surface area contributed by atoms with Crippen molar-refractivity contribution in [1.29, 1.82) is 0 Å². The van der Waals surface area contributed by atoms with Crippen molar-refractivity contribution in [3.8, 4) is 11.1 Å². The number of hydrogen-bond donors (Lipinski definition) is 1. The first-order valence-corrected chi connectivity index (χ1v) is 11.3. The number of nitrogens with one attached hydrogen (secondary N) is 1. The molecule has 4 heterocycles. The molecule has 1 N–H and O–H groups in total. The number of Topliss-reactive ketones (excluding diaryl/α,β-unsaturated/α-hetero) is 1. The Bertz CT molecular complexity index is 1230. The average Bonchev–Trinajstić information content (AvgIpc) is 3.49. The van der Waals surface area contributed by atoms with E-state index in [-0.39, 0.29) is 11.7 Å². The van der Waals surface area contributed by atoms with Gasteiger partial charge in [0.05, 0.1) is 11.2 Å². The van der Waals surface area contributed by atoms with Crippen molar-refractivity contribution in [3.05, 3.63) is 78.0 Å². The van der Waals surface area contributed by atoms with Gasteiger partial charge in [-0.3, -0.25) is 24.8 Å². The van der Waals surface area contributed by atoms with Crippen LogP contribution in [0.15, 0.2) is 61.1 Å². The zero-order valence-electron chi connectivity index (χ0n) is 18.3. The van der Waals surface area contributed by atoms with Gasteiger partial charge >= 0.3 is 0 Å². The number of hydrogen-bond acceptors (Lipinski definition) is 5. The summed E-state index contributed by atoms with van der Waals surface area (Å²) in [6.07, 6.45) is 8.39. The molecule has 0 saturated carbocycles. The summed E-state index contributed by atoms with van der Waals surface area (Å²) in [4.78, 5) is 24.4. The van der Waals surface area contributed by atoms with E-state index in [9.17, 15) is 4.79 Å². The normalized spacial score (nSPS) is 15.3. The zero-order chi connectivity index (χ0) is 21.9. The number of aromatic nitrogens is 4. The van der Waals surface area contributed by atoms with Crippen LogP contribution in [-0.4, -0.2) is 43.9 Å². The van der Waals surface area contributed by atoms with Gasteiger partial charge in [0.1, 0.15) is 5.69 Å². The van der Waals surface area contributed by atoms with Gasteiger partial charge in [0, 0.05) is 42.5 Å². The Balaban J connectivity index is 1.34. The summed E-state index contributed by atoms with van der Waals surface area (Å²) in [7, 11) is 0. The number of aromatic amines is 1. The van der Waals surface area contributed by atoms with Crippen LogP contribution in [0.3, 0.4) is 0 Å². The fourth-order valence-corrected chi connectivity index (χ4v) is 4.49. The first kappa shape index (κ1) is 20.5. The number of ketones is 1. The van der Waals surface area contributed by atoms with Gasteiger partial charge < -0.3 is 0 Å². The quantitative estimate of drug-likeness (QED) is 0.422. The van der Waals surface area contributed by atoms with Gasteiger partial charge in [-0.1, -0.05) is 19.1 Å². The number of rotatable bonds is 7. The molecule has 1 saturated heterocycles. The molecule has 0 bridgehead atoms. The summed E-state index contributed by atoms with van der Waals surface area (Å²) in [5, 5.41) is 8.22. The number of carbonyl (C=O) groups excluding carboxylic acids is 1. The van der Waals surface area contributed by atoms with Gasteiger partial charge in [-0.05, 0) is 73.3 Å². The third-order valence-corrected chi connectivity index (χ3v) is 6.31. The van der Waals surface area contributed by atoms with E-state index < -0.39 is 0 Å². The molecule has 5 rings (SSSR count). The Morgan fingerprint density at radius 1 is 1.09 bits per heavy atom. The molecule has 1 aliphatic rings. The Morgan fingerprint density at radius 2 is 1.97 bits per heavy atom. The van der Waals surface area contributed by atoms with E-state index in [2.05, 4.69) is 38.1 Å². The summed E-state index contributed by atoms with van der Waals surface area (Å²) in [6.45, 7) is 5.28. The lowest BCUT2D eigenvalue weighted by molar-refractivity contribution is 0.0972. The molecule has 0 unspecified atom stereocenters. The highest BCUT2D eigenvalue weighted by Gasteiger charge is 2.20. The van der Waals surface area contributed by atoms with E-state index in [0.717, 1.165) is 52.9 Å². The maximum atomic E-state index is 13.2. The molecule has 3 aromatic heterocycles. The lowest BCUT2D eigenvalue weighted by Gasteiger charge is -2.16. The molecular formula is C26H27N5O. The topological polar surface area (TPSA) is 74.8 Å². The van der Waals surface area contributed by atoms with Crippen molar-refractivity contribution in [2.24, 2.45) is 0 Å². The summed E-state index contributed by atoms with van der Waals surface area (Å²) >= 11 is 0. The van der Waals surface area contributed by atoms with Crippen LogP contribution in [0.25, 0.3) is 22.0 Å². The van der Waals surface area contributed by atoms with Crippen molar-refractivity contribution in [2.45, 2.75) is 38.6 Å². The summed E-state index contributed by atoms with van der Waals surface area (Å²) in [5.41, 5.74) is 5.64. The molecule has 6 nitrogen and oxygen atoms in total. The first-order chi connectivity index (χ1) is 15.7. The van der Waals surface area contributed by atoms with E-state index in [4.69, 9.17) is 0 Å². The maximum absolute atomic E-state index is 13.2. The fraction of sp³-hybridized carbons (Fsp3) is 0.308. The van der Waals surface area contributed by atoms with Gasteiger partial charge in [0.25, 0.3) is 0 Å². The summed E-state index contributed by atoms with van der Waals surface area (Å²) < 4.78 is 0. The molecule has 1 atom stereocenters. The Labute approximate surface area is 187 Å². The first-order valence-electron chi connectivity index (χ1n) is 11.3. The molecule has 0 amide bonds. The fourth-order valence-electron chi connectivity index (χ4n) is 4.49. The van der Waals surface area contributed by atoms with Crippen LogP contribution in [0.2, 0.25) is 0 Å². The minimum atomic E-state index is 0.0463. The van der Waals surface area contributed by atoms with Crippen LogP contribution in [0, 0.1) is 0 Å². The number of likely N-dealkylation sites (tertiary alicyclic amines) is 1. The van der Waals surface area contributed by atoms with Crippen molar-refractivity contribution < 1.29 is 4.79 Å². The lowest BCUT2D eigenvalue weighted by atomic mass is 9.94. The summed E-state index contributed by atoms with van der Waals surface area (Å²) in [6, 6.07) is 14.1. The molecule has 1 fully saturated rings. The van der Waals surface area contributed by atoms with Crippen molar-refractivity contribution in [2.75, 3.05) is 13.1 Å². The molecule has 32 heavy (non-hydrogen) atoms. The second-order valence-corrected chi connectivity index (χ2v) is 8.67. The van der Waals surface area contributed by atoms with Crippen LogP contribution < -0.4 is 0 Å². The number of H-pyrrole nitrogens is 1. The van der Waals surface area contributed by atoms with Gasteiger partial charge in [0.15, 0.2) is 5.78 Å². The third-order valence-electron chi connectivity index (χ3n) is 6.31. The number of benzene rings is 1. The summed E-state index contributed by atoms with van der Waals surface area (Å²) in [5.74, 6) is 0.140. The highest BCUT2D eigenvalue weighted by molar-refractivity contribution is 6.07. The minimum absolute atomic E-state index is 0.0463. The van der Waals surface area contributed by atoms with E-state index in [1.807, 2.05) is 48.8 Å². The predicted octanol–water partition coefficient (Wildman–Crippen LogP) is 4.99. The van der Waals surface area contributed by atoms with Crippen molar-refractivity contribution >= 4 is 16.7 Å². The monoisotopic (exact) mass is 425 g/mol.